The molecule has 2 aromatic rings. The Morgan fingerprint density at radius 3 is 2.58 bits per heavy atom. The van der Waals surface area contributed by atoms with Crippen molar-refractivity contribution in [1.29, 1.82) is 0 Å². The Balaban J connectivity index is 1.55. The van der Waals surface area contributed by atoms with Crippen molar-refractivity contribution in [2.45, 2.75) is 26.2 Å². The molecule has 0 atom stereocenters. The Bertz CT molecular complexity index is 515. The summed E-state index contributed by atoms with van der Waals surface area (Å²) in [6.07, 6.45) is 3.73. The van der Waals surface area contributed by atoms with Gasteiger partial charge in [-0.25, -0.2) is 4.98 Å². The molecule has 3 rings (SSSR count). The first kappa shape index (κ1) is 12.6. The maximum absolute atomic E-state index is 4.48. The summed E-state index contributed by atoms with van der Waals surface area (Å²) in [5, 5.41) is 1.09. The molecule has 0 radical (unpaired) electrons. The molecule has 3 nitrogen and oxygen atoms in total. The Morgan fingerprint density at radius 2 is 1.95 bits per heavy atom. The quantitative estimate of drug-likeness (QED) is 0.859. The lowest BCUT2D eigenvalue weighted by molar-refractivity contribution is 0.403. The van der Waals surface area contributed by atoms with Gasteiger partial charge in [-0.15, -0.1) is 0 Å². The SMILES string of the molecule is Cc1nsc(N2CCC(Cc3ccccc3)CC2)n1. The van der Waals surface area contributed by atoms with Gasteiger partial charge in [-0.1, -0.05) is 30.3 Å². The van der Waals surface area contributed by atoms with E-state index >= 15 is 0 Å². The third-order valence-electron chi connectivity index (χ3n) is 3.77. The van der Waals surface area contributed by atoms with E-state index in [0.29, 0.717) is 0 Å². The number of piperidine rings is 1. The molecule has 0 saturated carbocycles. The van der Waals surface area contributed by atoms with E-state index in [4.69, 9.17) is 0 Å². The number of rotatable bonds is 3. The average molecular weight is 273 g/mol. The summed E-state index contributed by atoms with van der Waals surface area (Å²) in [5.41, 5.74) is 1.47. The van der Waals surface area contributed by atoms with Crippen LogP contribution in [-0.2, 0) is 6.42 Å². The highest BCUT2D eigenvalue weighted by Crippen LogP contribution is 2.26. The lowest BCUT2D eigenvalue weighted by atomic mass is 9.90. The molecule has 4 heteroatoms. The van der Waals surface area contributed by atoms with Gasteiger partial charge in [0.25, 0.3) is 0 Å². The van der Waals surface area contributed by atoms with E-state index < -0.39 is 0 Å². The zero-order valence-corrected chi connectivity index (χ0v) is 12.1. The van der Waals surface area contributed by atoms with Crippen LogP contribution in [0, 0.1) is 12.8 Å². The summed E-state index contributed by atoms with van der Waals surface area (Å²) in [5.74, 6) is 1.71. The van der Waals surface area contributed by atoms with E-state index in [-0.39, 0.29) is 0 Å². The van der Waals surface area contributed by atoms with Crippen LogP contribution in [0.4, 0.5) is 5.13 Å². The Morgan fingerprint density at radius 1 is 1.21 bits per heavy atom. The van der Waals surface area contributed by atoms with Gasteiger partial charge >= 0.3 is 0 Å². The monoisotopic (exact) mass is 273 g/mol. The van der Waals surface area contributed by atoms with Crippen molar-refractivity contribution < 1.29 is 0 Å². The molecule has 0 amide bonds. The van der Waals surface area contributed by atoms with Gasteiger partial charge in [-0.05, 0) is 37.7 Å². The van der Waals surface area contributed by atoms with Crippen LogP contribution in [0.5, 0.6) is 0 Å². The van der Waals surface area contributed by atoms with Crippen LogP contribution in [0.3, 0.4) is 0 Å². The molecule has 2 heterocycles. The summed E-state index contributed by atoms with van der Waals surface area (Å²) in [4.78, 5) is 6.86. The first-order valence-corrected chi connectivity index (χ1v) is 7.68. The lowest BCUT2D eigenvalue weighted by Gasteiger charge is -2.31. The molecular formula is C15H19N3S. The summed E-state index contributed by atoms with van der Waals surface area (Å²) in [6, 6.07) is 10.8. The predicted octanol–water partition coefficient (Wildman–Crippen LogP) is 3.31. The fourth-order valence-electron chi connectivity index (χ4n) is 2.69. The van der Waals surface area contributed by atoms with Crippen LogP contribution in [0.15, 0.2) is 30.3 Å². The van der Waals surface area contributed by atoms with Crippen LogP contribution in [-0.4, -0.2) is 22.4 Å². The molecule has 0 unspecified atom stereocenters. The number of benzene rings is 1. The number of aryl methyl sites for hydroxylation is 1. The molecule has 1 aromatic heterocycles. The van der Waals surface area contributed by atoms with Crippen molar-refractivity contribution in [3.05, 3.63) is 41.7 Å². The molecule has 0 aliphatic carbocycles. The lowest BCUT2D eigenvalue weighted by Crippen LogP contribution is -2.34. The van der Waals surface area contributed by atoms with E-state index in [1.807, 2.05) is 6.92 Å². The number of hydrogen-bond donors (Lipinski definition) is 0. The van der Waals surface area contributed by atoms with Crippen molar-refractivity contribution in [2.24, 2.45) is 5.92 Å². The van der Waals surface area contributed by atoms with Crippen LogP contribution in [0.1, 0.15) is 24.2 Å². The second kappa shape index (κ2) is 5.70. The largest absolute Gasteiger partial charge is 0.347 e. The van der Waals surface area contributed by atoms with E-state index in [9.17, 15) is 0 Å². The topological polar surface area (TPSA) is 29.0 Å². The fourth-order valence-corrected chi connectivity index (χ4v) is 3.42. The fraction of sp³-hybridized carbons (Fsp3) is 0.467. The van der Waals surface area contributed by atoms with Crippen molar-refractivity contribution in [1.82, 2.24) is 9.36 Å². The molecule has 1 aliphatic rings. The van der Waals surface area contributed by atoms with E-state index in [0.717, 1.165) is 30.0 Å². The molecule has 19 heavy (non-hydrogen) atoms. The molecule has 1 aromatic carbocycles. The van der Waals surface area contributed by atoms with Crippen molar-refractivity contribution in [3.63, 3.8) is 0 Å². The van der Waals surface area contributed by atoms with Gasteiger partial charge in [-0.3, -0.25) is 0 Å². The molecule has 1 aliphatic heterocycles. The predicted molar refractivity (Wildman–Crippen MR) is 79.7 cm³/mol. The van der Waals surface area contributed by atoms with Gasteiger partial charge < -0.3 is 4.90 Å². The highest BCUT2D eigenvalue weighted by Gasteiger charge is 2.21. The average Bonchev–Trinajstić information content (AvgIpc) is 2.87. The second-order valence-corrected chi connectivity index (χ2v) is 5.97. The first-order chi connectivity index (χ1) is 9.31. The molecule has 1 saturated heterocycles. The summed E-state index contributed by atoms with van der Waals surface area (Å²) < 4.78 is 4.27. The van der Waals surface area contributed by atoms with Crippen LogP contribution in [0.2, 0.25) is 0 Å². The van der Waals surface area contributed by atoms with Gasteiger partial charge in [-0.2, -0.15) is 4.37 Å². The maximum atomic E-state index is 4.48. The highest BCUT2D eigenvalue weighted by molar-refractivity contribution is 7.09. The number of hydrogen-bond acceptors (Lipinski definition) is 4. The Hall–Kier alpha value is -1.42. The molecule has 0 bridgehead atoms. The molecular weight excluding hydrogens is 254 g/mol. The van der Waals surface area contributed by atoms with E-state index in [2.05, 4.69) is 44.6 Å². The zero-order valence-electron chi connectivity index (χ0n) is 11.2. The minimum Gasteiger partial charge on any atom is -0.347 e. The standard InChI is InChI=1S/C15H19N3S/c1-12-16-15(19-17-12)18-9-7-14(8-10-18)11-13-5-3-2-4-6-13/h2-6,14H,7-11H2,1H3. The molecule has 0 spiro atoms. The van der Waals surface area contributed by atoms with Gasteiger partial charge in [0.15, 0.2) is 0 Å². The summed E-state index contributed by atoms with van der Waals surface area (Å²) in [6.45, 7) is 4.19. The van der Waals surface area contributed by atoms with Crippen LogP contribution < -0.4 is 4.90 Å². The summed E-state index contributed by atoms with van der Waals surface area (Å²) >= 11 is 1.53. The minimum absolute atomic E-state index is 0.813. The van der Waals surface area contributed by atoms with Crippen LogP contribution in [0.25, 0.3) is 0 Å². The zero-order chi connectivity index (χ0) is 13.1. The third kappa shape index (κ3) is 3.13. The third-order valence-corrected chi connectivity index (χ3v) is 4.64. The van der Waals surface area contributed by atoms with Crippen molar-refractivity contribution in [2.75, 3.05) is 18.0 Å². The second-order valence-electron chi connectivity index (χ2n) is 5.24. The van der Waals surface area contributed by atoms with Gasteiger partial charge in [0.05, 0.1) is 0 Å². The summed E-state index contributed by atoms with van der Waals surface area (Å²) in [7, 11) is 0. The van der Waals surface area contributed by atoms with Crippen LogP contribution >= 0.6 is 11.5 Å². The van der Waals surface area contributed by atoms with E-state index in [1.165, 1.54) is 36.4 Å². The van der Waals surface area contributed by atoms with Crippen molar-refractivity contribution in [3.8, 4) is 0 Å². The normalized spacial score (nSPS) is 16.8. The molecule has 1 fully saturated rings. The Labute approximate surface area is 118 Å². The highest BCUT2D eigenvalue weighted by atomic mass is 32.1. The van der Waals surface area contributed by atoms with Gasteiger partial charge in [0.2, 0.25) is 5.13 Å². The van der Waals surface area contributed by atoms with Crippen molar-refractivity contribution >= 4 is 16.7 Å². The number of aromatic nitrogens is 2. The van der Waals surface area contributed by atoms with Gasteiger partial charge in [0.1, 0.15) is 5.82 Å². The first-order valence-electron chi connectivity index (χ1n) is 6.90. The molecule has 100 valence electrons. The van der Waals surface area contributed by atoms with E-state index in [1.54, 1.807) is 0 Å². The maximum Gasteiger partial charge on any atom is 0.205 e. The smallest absolute Gasteiger partial charge is 0.205 e. The molecule has 0 N–H and O–H groups in total. The number of nitrogens with zero attached hydrogens (tertiary/aromatic N) is 3. The van der Waals surface area contributed by atoms with Gasteiger partial charge in [0, 0.05) is 24.6 Å². The minimum atomic E-state index is 0.813. The number of anilines is 1. The Kier molecular flexibility index (Phi) is 3.78.